The topological polar surface area (TPSA) is 34.4 Å². The lowest BCUT2D eigenvalue weighted by atomic mass is 10.1. The molecule has 3 rings (SSSR count). The Morgan fingerprint density at radius 3 is 2.79 bits per heavy atom. The lowest BCUT2D eigenvalue weighted by Crippen LogP contribution is -2.11. The van der Waals surface area contributed by atoms with Crippen molar-refractivity contribution in [1.82, 2.24) is 5.32 Å². The molecule has 19 heavy (non-hydrogen) atoms. The lowest BCUT2D eigenvalue weighted by Gasteiger charge is -2.05. The Balaban J connectivity index is 1.89. The van der Waals surface area contributed by atoms with Crippen molar-refractivity contribution >= 4 is 21.9 Å². The van der Waals surface area contributed by atoms with Crippen LogP contribution >= 0.6 is 0 Å². The third kappa shape index (κ3) is 2.42. The van der Waals surface area contributed by atoms with Crippen molar-refractivity contribution < 1.29 is 9.15 Å². The van der Waals surface area contributed by atoms with Crippen LogP contribution in [0.2, 0.25) is 0 Å². The van der Waals surface area contributed by atoms with Gasteiger partial charge in [0.25, 0.3) is 0 Å². The van der Waals surface area contributed by atoms with Crippen LogP contribution in [0, 0.1) is 0 Å². The minimum Gasteiger partial charge on any atom is -0.494 e. The molecule has 0 aliphatic heterocycles. The molecule has 0 atom stereocenters. The predicted molar refractivity (Wildman–Crippen MR) is 77.8 cm³/mol. The molecule has 0 unspecified atom stereocenters. The van der Waals surface area contributed by atoms with Crippen LogP contribution in [0.5, 0.6) is 5.75 Å². The number of rotatable bonds is 5. The molecule has 0 bridgehead atoms. The highest BCUT2D eigenvalue weighted by Gasteiger charge is 2.07. The first-order valence-corrected chi connectivity index (χ1v) is 6.57. The van der Waals surface area contributed by atoms with Crippen LogP contribution < -0.4 is 10.1 Å². The molecular formula is C16H17NO2. The van der Waals surface area contributed by atoms with E-state index in [1.54, 1.807) is 0 Å². The van der Waals surface area contributed by atoms with Gasteiger partial charge in [-0.25, -0.2) is 0 Å². The van der Waals surface area contributed by atoms with Crippen LogP contribution in [0.1, 0.15) is 6.42 Å². The van der Waals surface area contributed by atoms with E-state index in [1.807, 2.05) is 37.4 Å². The molecule has 1 aromatic heterocycles. The molecule has 0 saturated heterocycles. The van der Waals surface area contributed by atoms with Gasteiger partial charge in [0.05, 0.1) is 6.61 Å². The zero-order chi connectivity index (χ0) is 13.1. The smallest absolute Gasteiger partial charge is 0.135 e. The Bertz CT molecular complexity index is 687. The molecule has 0 aliphatic carbocycles. The van der Waals surface area contributed by atoms with Crippen molar-refractivity contribution in [1.29, 1.82) is 0 Å². The first kappa shape index (κ1) is 12.1. The van der Waals surface area contributed by atoms with Gasteiger partial charge in [-0.15, -0.1) is 0 Å². The molecule has 1 N–H and O–H groups in total. The van der Waals surface area contributed by atoms with Gasteiger partial charge in [-0.3, -0.25) is 0 Å². The second-order valence-electron chi connectivity index (χ2n) is 4.56. The van der Waals surface area contributed by atoms with Gasteiger partial charge >= 0.3 is 0 Å². The highest BCUT2D eigenvalue weighted by molar-refractivity contribution is 6.05. The number of ether oxygens (including phenoxy) is 1. The first-order chi connectivity index (χ1) is 9.38. The maximum absolute atomic E-state index is 5.78. The summed E-state index contributed by atoms with van der Waals surface area (Å²) in [5.74, 6) is 0.898. The van der Waals surface area contributed by atoms with Crippen molar-refractivity contribution in [3.05, 3.63) is 42.5 Å². The number of hydrogen-bond acceptors (Lipinski definition) is 3. The van der Waals surface area contributed by atoms with E-state index < -0.39 is 0 Å². The van der Waals surface area contributed by atoms with Crippen molar-refractivity contribution in [3.63, 3.8) is 0 Å². The van der Waals surface area contributed by atoms with Crippen molar-refractivity contribution in [2.75, 3.05) is 20.2 Å². The average Bonchev–Trinajstić information content (AvgIpc) is 2.82. The van der Waals surface area contributed by atoms with E-state index in [2.05, 4.69) is 17.4 Å². The standard InChI is InChI=1S/C16H17NO2/c1-17-9-4-10-18-12-7-8-16-14(11-12)13-5-2-3-6-15(13)19-16/h2-3,5-8,11,17H,4,9-10H2,1H3. The Hall–Kier alpha value is -2.00. The summed E-state index contributed by atoms with van der Waals surface area (Å²) in [4.78, 5) is 0. The highest BCUT2D eigenvalue weighted by Crippen LogP contribution is 2.31. The third-order valence-corrected chi connectivity index (χ3v) is 3.19. The predicted octanol–water partition coefficient (Wildman–Crippen LogP) is 3.57. The third-order valence-electron chi connectivity index (χ3n) is 3.19. The second kappa shape index (κ2) is 5.33. The number of benzene rings is 2. The molecular weight excluding hydrogens is 238 g/mol. The van der Waals surface area contributed by atoms with E-state index in [1.165, 1.54) is 0 Å². The van der Waals surface area contributed by atoms with E-state index >= 15 is 0 Å². The minimum atomic E-state index is 0.724. The van der Waals surface area contributed by atoms with Crippen LogP contribution in [-0.4, -0.2) is 20.2 Å². The van der Waals surface area contributed by atoms with Gasteiger partial charge in [0.1, 0.15) is 16.9 Å². The fourth-order valence-electron chi connectivity index (χ4n) is 2.23. The van der Waals surface area contributed by atoms with Crippen molar-refractivity contribution in [2.45, 2.75) is 6.42 Å². The second-order valence-corrected chi connectivity index (χ2v) is 4.56. The summed E-state index contributed by atoms with van der Waals surface area (Å²) in [6.45, 7) is 1.69. The summed E-state index contributed by atoms with van der Waals surface area (Å²) in [5.41, 5.74) is 1.83. The molecule has 0 fully saturated rings. The summed E-state index contributed by atoms with van der Waals surface area (Å²) >= 11 is 0. The lowest BCUT2D eigenvalue weighted by molar-refractivity contribution is 0.310. The van der Waals surface area contributed by atoms with Gasteiger partial charge in [0, 0.05) is 10.8 Å². The van der Waals surface area contributed by atoms with E-state index in [4.69, 9.17) is 9.15 Å². The zero-order valence-corrected chi connectivity index (χ0v) is 11.0. The molecule has 3 aromatic rings. The van der Waals surface area contributed by atoms with Gasteiger partial charge in [-0.1, -0.05) is 18.2 Å². The number of furan rings is 1. The summed E-state index contributed by atoms with van der Waals surface area (Å²) in [6, 6.07) is 14.1. The average molecular weight is 255 g/mol. The zero-order valence-electron chi connectivity index (χ0n) is 11.0. The number of para-hydroxylation sites is 1. The highest BCUT2D eigenvalue weighted by atomic mass is 16.5. The van der Waals surface area contributed by atoms with Crippen LogP contribution in [0.3, 0.4) is 0 Å². The van der Waals surface area contributed by atoms with E-state index in [-0.39, 0.29) is 0 Å². The number of nitrogens with one attached hydrogen (secondary N) is 1. The molecule has 0 saturated carbocycles. The molecule has 3 heteroatoms. The molecule has 0 amide bonds. The van der Waals surface area contributed by atoms with E-state index in [0.29, 0.717) is 0 Å². The Morgan fingerprint density at radius 2 is 1.89 bits per heavy atom. The van der Waals surface area contributed by atoms with E-state index in [0.717, 1.165) is 47.3 Å². The molecule has 1 heterocycles. The number of fused-ring (bicyclic) bond motifs is 3. The van der Waals surface area contributed by atoms with Gasteiger partial charge in [-0.05, 0) is 44.3 Å². The Morgan fingerprint density at radius 1 is 1.05 bits per heavy atom. The maximum Gasteiger partial charge on any atom is 0.135 e. The fourth-order valence-corrected chi connectivity index (χ4v) is 2.23. The normalized spacial score (nSPS) is 11.2. The quantitative estimate of drug-likeness (QED) is 0.708. The summed E-state index contributed by atoms with van der Waals surface area (Å²) < 4.78 is 11.5. The number of hydrogen-bond donors (Lipinski definition) is 1. The molecule has 0 radical (unpaired) electrons. The van der Waals surface area contributed by atoms with Crippen molar-refractivity contribution in [3.8, 4) is 5.75 Å². The SMILES string of the molecule is CNCCCOc1ccc2oc3ccccc3c2c1. The largest absolute Gasteiger partial charge is 0.494 e. The summed E-state index contributed by atoms with van der Waals surface area (Å²) in [6.07, 6.45) is 1.00. The van der Waals surface area contributed by atoms with Gasteiger partial charge in [0.15, 0.2) is 0 Å². The van der Waals surface area contributed by atoms with Crippen molar-refractivity contribution in [2.24, 2.45) is 0 Å². The van der Waals surface area contributed by atoms with Crippen LogP contribution in [0.25, 0.3) is 21.9 Å². The van der Waals surface area contributed by atoms with Gasteiger partial charge in [-0.2, -0.15) is 0 Å². The monoisotopic (exact) mass is 255 g/mol. The molecule has 3 nitrogen and oxygen atoms in total. The van der Waals surface area contributed by atoms with Gasteiger partial charge < -0.3 is 14.5 Å². The summed E-state index contributed by atoms with van der Waals surface area (Å²) in [5, 5.41) is 5.36. The molecule has 0 spiro atoms. The van der Waals surface area contributed by atoms with Crippen LogP contribution in [-0.2, 0) is 0 Å². The molecule has 0 aliphatic rings. The van der Waals surface area contributed by atoms with Crippen LogP contribution in [0.15, 0.2) is 46.9 Å². The first-order valence-electron chi connectivity index (χ1n) is 6.57. The maximum atomic E-state index is 5.78. The molecule has 98 valence electrons. The summed E-state index contributed by atoms with van der Waals surface area (Å²) in [7, 11) is 1.95. The minimum absolute atomic E-state index is 0.724. The Kier molecular flexibility index (Phi) is 3.38. The van der Waals surface area contributed by atoms with Gasteiger partial charge in [0.2, 0.25) is 0 Å². The van der Waals surface area contributed by atoms with Crippen LogP contribution in [0.4, 0.5) is 0 Å². The Labute approximate surface area is 112 Å². The van der Waals surface area contributed by atoms with E-state index in [9.17, 15) is 0 Å². The fraction of sp³-hybridized carbons (Fsp3) is 0.250. The molecule has 2 aromatic carbocycles.